The number of anilines is 2. The molecule has 150 valence electrons. The Morgan fingerprint density at radius 2 is 1.57 bits per heavy atom. The van der Waals surface area contributed by atoms with E-state index >= 15 is 0 Å². The van der Waals surface area contributed by atoms with Gasteiger partial charge in [0.05, 0.1) is 5.69 Å². The SMILES string of the molecule is CN(c1ccc(-c2ccc3c(c2)CCCC3)nn1)c1nnc(-c2ccc(Br)cc2)s1. The van der Waals surface area contributed by atoms with Crippen LogP contribution in [0.15, 0.2) is 59.1 Å². The molecule has 5 nitrogen and oxygen atoms in total. The Balaban J connectivity index is 1.36. The van der Waals surface area contributed by atoms with Crippen molar-refractivity contribution in [1.82, 2.24) is 20.4 Å². The molecule has 2 aromatic carbocycles. The van der Waals surface area contributed by atoms with Crippen molar-refractivity contribution in [2.75, 3.05) is 11.9 Å². The monoisotopic (exact) mass is 477 g/mol. The fourth-order valence-corrected chi connectivity index (χ4v) is 4.79. The zero-order valence-electron chi connectivity index (χ0n) is 16.5. The van der Waals surface area contributed by atoms with E-state index in [1.54, 1.807) is 0 Å². The summed E-state index contributed by atoms with van der Waals surface area (Å²) in [4.78, 5) is 1.92. The quantitative estimate of drug-likeness (QED) is 0.356. The van der Waals surface area contributed by atoms with E-state index in [1.807, 2.05) is 48.3 Å². The summed E-state index contributed by atoms with van der Waals surface area (Å²) < 4.78 is 1.04. The minimum absolute atomic E-state index is 0.746. The molecular formula is C23H20BrN5S. The lowest BCUT2D eigenvalue weighted by Gasteiger charge is -2.17. The van der Waals surface area contributed by atoms with Crippen molar-refractivity contribution in [2.24, 2.45) is 0 Å². The number of nitrogens with zero attached hydrogens (tertiary/aromatic N) is 5. The van der Waals surface area contributed by atoms with E-state index in [0.717, 1.165) is 43.7 Å². The Kier molecular flexibility index (Phi) is 5.31. The summed E-state index contributed by atoms with van der Waals surface area (Å²) in [6, 6.07) is 18.8. The van der Waals surface area contributed by atoms with Gasteiger partial charge in [-0.25, -0.2) is 0 Å². The van der Waals surface area contributed by atoms with Crippen molar-refractivity contribution in [1.29, 1.82) is 0 Å². The molecule has 30 heavy (non-hydrogen) atoms. The van der Waals surface area contributed by atoms with E-state index in [-0.39, 0.29) is 0 Å². The van der Waals surface area contributed by atoms with Crippen LogP contribution in [0.25, 0.3) is 21.8 Å². The lowest BCUT2D eigenvalue weighted by Crippen LogP contribution is -2.11. The summed E-state index contributed by atoms with van der Waals surface area (Å²) >= 11 is 4.99. The smallest absolute Gasteiger partial charge is 0.214 e. The zero-order chi connectivity index (χ0) is 20.5. The maximum atomic E-state index is 4.48. The Morgan fingerprint density at radius 3 is 2.33 bits per heavy atom. The molecule has 0 radical (unpaired) electrons. The molecule has 5 rings (SSSR count). The maximum Gasteiger partial charge on any atom is 0.214 e. The molecule has 1 aliphatic carbocycles. The van der Waals surface area contributed by atoms with Crippen LogP contribution >= 0.6 is 27.3 Å². The number of hydrogen-bond donors (Lipinski definition) is 0. The highest BCUT2D eigenvalue weighted by atomic mass is 79.9. The van der Waals surface area contributed by atoms with Crippen LogP contribution in [-0.4, -0.2) is 27.4 Å². The van der Waals surface area contributed by atoms with Gasteiger partial charge in [-0.1, -0.05) is 51.5 Å². The van der Waals surface area contributed by atoms with Gasteiger partial charge in [0.1, 0.15) is 5.01 Å². The maximum absolute atomic E-state index is 4.48. The van der Waals surface area contributed by atoms with Crippen molar-refractivity contribution in [2.45, 2.75) is 25.7 Å². The highest BCUT2D eigenvalue weighted by Gasteiger charge is 2.15. The molecule has 2 aromatic heterocycles. The summed E-state index contributed by atoms with van der Waals surface area (Å²) in [5.41, 5.74) is 6.01. The highest BCUT2D eigenvalue weighted by molar-refractivity contribution is 9.10. The molecule has 0 amide bonds. The summed E-state index contributed by atoms with van der Waals surface area (Å²) in [6.45, 7) is 0. The van der Waals surface area contributed by atoms with Crippen LogP contribution < -0.4 is 4.90 Å². The van der Waals surface area contributed by atoms with E-state index < -0.39 is 0 Å². The van der Waals surface area contributed by atoms with Gasteiger partial charge in [-0.05, 0) is 67.1 Å². The molecule has 0 bridgehead atoms. The number of benzene rings is 2. The second-order valence-electron chi connectivity index (χ2n) is 7.42. The predicted octanol–water partition coefficient (Wildman–Crippen LogP) is 6.07. The topological polar surface area (TPSA) is 54.8 Å². The lowest BCUT2D eigenvalue weighted by atomic mass is 9.90. The molecular weight excluding hydrogens is 458 g/mol. The van der Waals surface area contributed by atoms with Crippen molar-refractivity contribution in [3.63, 3.8) is 0 Å². The molecule has 7 heteroatoms. The second-order valence-corrected chi connectivity index (χ2v) is 9.29. The van der Waals surface area contributed by atoms with Crippen LogP contribution in [-0.2, 0) is 12.8 Å². The molecule has 0 fully saturated rings. The third-order valence-electron chi connectivity index (χ3n) is 5.43. The van der Waals surface area contributed by atoms with E-state index in [1.165, 1.54) is 41.7 Å². The Hall–Kier alpha value is -2.64. The number of hydrogen-bond acceptors (Lipinski definition) is 6. The van der Waals surface area contributed by atoms with Gasteiger partial charge in [0.25, 0.3) is 0 Å². The van der Waals surface area contributed by atoms with Gasteiger partial charge in [0, 0.05) is 22.6 Å². The predicted molar refractivity (Wildman–Crippen MR) is 125 cm³/mol. The molecule has 0 unspecified atom stereocenters. The van der Waals surface area contributed by atoms with Gasteiger partial charge in [-0.15, -0.1) is 20.4 Å². The van der Waals surface area contributed by atoms with Crippen LogP contribution in [0, 0.1) is 0 Å². The third kappa shape index (κ3) is 3.87. The first-order chi connectivity index (χ1) is 14.7. The molecule has 0 spiro atoms. The van der Waals surface area contributed by atoms with E-state index in [0.29, 0.717) is 0 Å². The minimum atomic E-state index is 0.746. The molecule has 0 N–H and O–H groups in total. The first kappa shape index (κ1) is 19.3. The number of halogens is 1. The summed E-state index contributed by atoms with van der Waals surface area (Å²) in [5, 5.41) is 19.3. The van der Waals surface area contributed by atoms with Gasteiger partial charge in [0.15, 0.2) is 5.82 Å². The van der Waals surface area contributed by atoms with Crippen molar-refractivity contribution < 1.29 is 0 Å². The van der Waals surface area contributed by atoms with Crippen LogP contribution in [0.4, 0.5) is 10.9 Å². The van der Waals surface area contributed by atoms with Crippen LogP contribution in [0.5, 0.6) is 0 Å². The Morgan fingerprint density at radius 1 is 0.800 bits per heavy atom. The van der Waals surface area contributed by atoms with Crippen LogP contribution in [0.3, 0.4) is 0 Å². The fourth-order valence-electron chi connectivity index (χ4n) is 3.71. The van der Waals surface area contributed by atoms with Gasteiger partial charge in [-0.2, -0.15) is 0 Å². The molecule has 4 aromatic rings. The van der Waals surface area contributed by atoms with Gasteiger partial charge in [-0.3, -0.25) is 0 Å². The van der Waals surface area contributed by atoms with Crippen LogP contribution in [0.2, 0.25) is 0 Å². The molecule has 0 aliphatic heterocycles. The van der Waals surface area contributed by atoms with Crippen LogP contribution in [0.1, 0.15) is 24.0 Å². The van der Waals surface area contributed by atoms with E-state index in [2.05, 4.69) is 54.5 Å². The van der Waals surface area contributed by atoms with E-state index in [9.17, 15) is 0 Å². The van der Waals surface area contributed by atoms with Crippen molar-refractivity contribution >= 4 is 38.2 Å². The third-order valence-corrected chi connectivity index (χ3v) is 7.01. The largest absolute Gasteiger partial charge is 0.303 e. The van der Waals surface area contributed by atoms with Crippen molar-refractivity contribution in [3.05, 3.63) is 70.2 Å². The second kappa shape index (κ2) is 8.24. The minimum Gasteiger partial charge on any atom is -0.303 e. The normalized spacial score (nSPS) is 13.1. The number of aryl methyl sites for hydroxylation is 2. The number of aromatic nitrogens is 4. The molecule has 1 aliphatic rings. The molecule has 0 saturated heterocycles. The van der Waals surface area contributed by atoms with Crippen molar-refractivity contribution in [3.8, 4) is 21.8 Å². The van der Waals surface area contributed by atoms with E-state index in [4.69, 9.17) is 0 Å². The fraction of sp³-hybridized carbons (Fsp3) is 0.217. The van der Waals surface area contributed by atoms with Gasteiger partial charge in [0.2, 0.25) is 5.13 Å². The first-order valence-corrected chi connectivity index (χ1v) is 11.6. The average Bonchev–Trinajstić information content (AvgIpc) is 3.29. The number of fused-ring (bicyclic) bond motifs is 1. The first-order valence-electron chi connectivity index (χ1n) is 9.96. The highest BCUT2D eigenvalue weighted by Crippen LogP contribution is 2.32. The molecule has 0 atom stereocenters. The lowest BCUT2D eigenvalue weighted by molar-refractivity contribution is 0.686. The summed E-state index contributed by atoms with van der Waals surface area (Å²) in [5.74, 6) is 0.746. The Bertz CT molecular complexity index is 1170. The standard InChI is InChI=1S/C23H20BrN5S/c1-29(23-28-27-22(30-23)16-8-10-19(24)11-9-16)21-13-12-20(25-26-21)18-7-6-15-4-2-3-5-17(15)14-18/h6-14H,2-5H2,1H3. The molecule has 0 saturated carbocycles. The summed E-state index contributed by atoms with van der Waals surface area (Å²) in [6.07, 6.45) is 4.92. The summed E-state index contributed by atoms with van der Waals surface area (Å²) in [7, 11) is 1.94. The van der Waals surface area contributed by atoms with Gasteiger partial charge >= 0.3 is 0 Å². The molecule has 2 heterocycles. The number of rotatable bonds is 4. The average molecular weight is 478 g/mol. The van der Waals surface area contributed by atoms with Gasteiger partial charge < -0.3 is 4.90 Å². The Labute approximate surface area is 188 Å². The zero-order valence-corrected chi connectivity index (χ0v) is 18.9.